The lowest BCUT2D eigenvalue weighted by Crippen LogP contribution is -2.40. The molecular formula is C14H23NOS. The van der Waals surface area contributed by atoms with Crippen LogP contribution in [0.3, 0.4) is 0 Å². The fourth-order valence-corrected chi connectivity index (χ4v) is 3.67. The largest absolute Gasteiger partial charge is 0.381 e. The zero-order valence-electron chi connectivity index (χ0n) is 10.8. The van der Waals surface area contributed by atoms with Crippen molar-refractivity contribution in [2.24, 2.45) is 17.6 Å². The van der Waals surface area contributed by atoms with Crippen LogP contribution in [0.2, 0.25) is 0 Å². The van der Waals surface area contributed by atoms with E-state index in [1.54, 1.807) is 0 Å². The first-order valence-corrected chi connectivity index (χ1v) is 7.43. The van der Waals surface area contributed by atoms with Crippen molar-refractivity contribution in [2.75, 3.05) is 13.2 Å². The molecule has 1 aliphatic heterocycles. The Hall–Kier alpha value is -0.380. The van der Waals surface area contributed by atoms with Crippen LogP contribution in [-0.4, -0.2) is 19.3 Å². The number of nitrogens with two attached hydrogens (primary N) is 1. The molecule has 0 aromatic carbocycles. The van der Waals surface area contributed by atoms with Crippen LogP contribution in [0.25, 0.3) is 0 Å². The van der Waals surface area contributed by atoms with Crippen LogP contribution in [0.15, 0.2) is 12.1 Å². The predicted molar refractivity (Wildman–Crippen MR) is 73.5 cm³/mol. The Balaban J connectivity index is 1.93. The van der Waals surface area contributed by atoms with E-state index in [1.807, 2.05) is 11.3 Å². The number of hydrogen-bond acceptors (Lipinski definition) is 3. The van der Waals surface area contributed by atoms with Crippen LogP contribution in [0.4, 0.5) is 0 Å². The second-order valence-corrected chi connectivity index (χ2v) is 6.35. The third-order valence-corrected chi connectivity index (χ3v) is 5.01. The van der Waals surface area contributed by atoms with Crippen LogP contribution >= 0.6 is 11.3 Å². The molecule has 1 aromatic heterocycles. The minimum absolute atomic E-state index is 0.289. The Kier molecular flexibility index (Phi) is 4.60. The number of aryl methyl sites for hydroxylation is 1. The monoisotopic (exact) mass is 253 g/mol. The van der Waals surface area contributed by atoms with Crippen molar-refractivity contribution in [1.29, 1.82) is 0 Å². The number of hydrogen-bond donors (Lipinski definition) is 1. The molecule has 0 saturated carbocycles. The average Bonchev–Trinajstić information content (AvgIpc) is 2.77. The van der Waals surface area contributed by atoms with Crippen LogP contribution in [0, 0.1) is 11.8 Å². The molecule has 2 N–H and O–H groups in total. The summed E-state index contributed by atoms with van der Waals surface area (Å²) in [4.78, 5) is 2.90. The summed E-state index contributed by atoms with van der Waals surface area (Å²) in [6.45, 7) is 6.22. The third kappa shape index (κ3) is 3.30. The van der Waals surface area contributed by atoms with E-state index in [-0.39, 0.29) is 6.04 Å². The van der Waals surface area contributed by atoms with Gasteiger partial charge in [0.2, 0.25) is 0 Å². The molecule has 0 bridgehead atoms. The highest BCUT2D eigenvalue weighted by atomic mass is 32.1. The van der Waals surface area contributed by atoms with Crippen molar-refractivity contribution >= 4 is 11.3 Å². The lowest BCUT2D eigenvalue weighted by Gasteiger charge is -2.33. The molecule has 96 valence electrons. The molecular weight excluding hydrogens is 230 g/mol. The summed E-state index contributed by atoms with van der Waals surface area (Å²) in [5, 5.41) is 0. The molecule has 3 heteroatoms. The van der Waals surface area contributed by atoms with Crippen LogP contribution < -0.4 is 5.73 Å². The number of rotatable bonds is 4. The summed E-state index contributed by atoms with van der Waals surface area (Å²) in [5.41, 5.74) is 6.37. The molecule has 2 nitrogen and oxygen atoms in total. The van der Waals surface area contributed by atoms with Crippen molar-refractivity contribution in [3.05, 3.63) is 21.9 Å². The molecule has 2 heterocycles. The minimum Gasteiger partial charge on any atom is -0.381 e. The maximum Gasteiger partial charge on any atom is 0.0494 e. The van der Waals surface area contributed by atoms with E-state index in [2.05, 4.69) is 26.0 Å². The Morgan fingerprint density at radius 3 is 2.88 bits per heavy atom. The molecule has 1 fully saturated rings. The van der Waals surface area contributed by atoms with Gasteiger partial charge in [0.25, 0.3) is 0 Å². The van der Waals surface area contributed by atoms with Gasteiger partial charge >= 0.3 is 0 Å². The molecule has 1 saturated heterocycles. The van der Waals surface area contributed by atoms with Crippen LogP contribution in [0.1, 0.15) is 30.0 Å². The molecule has 0 aliphatic carbocycles. The summed E-state index contributed by atoms with van der Waals surface area (Å²) in [6.07, 6.45) is 3.28. The quantitative estimate of drug-likeness (QED) is 0.895. The van der Waals surface area contributed by atoms with Crippen molar-refractivity contribution in [2.45, 2.75) is 39.2 Å². The summed E-state index contributed by atoms with van der Waals surface area (Å²) in [5.74, 6) is 1.22. The molecule has 3 unspecified atom stereocenters. The molecule has 0 spiro atoms. The van der Waals surface area contributed by atoms with Crippen LogP contribution in [0.5, 0.6) is 0 Å². The van der Waals surface area contributed by atoms with E-state index in [4.69, 9.17) is 10.5 Å². The summed E-state index contributed by atoms with van der Waals surface area (Å²) >= 11 is 1.92. The highest BCUT2D eigenvalue weighted by molar-refractivity contribution is 7.11. The van der Waals surface area contributed by atoms with Gasteiger partial charge in [-0.1, -0.05) is 13.8 Å². The maximum absolute atomic E-state index is 6.37. The third-order valence-electron chi connectivity index (χ3n) is 3.76. The topological polar surface area (TPSA) is 35.2 Å². The number of thiophene rings is 1. The fraction of sp³-hybridized carbons (Fsp3) is 0.714. The molecule has 1 aliphatic rings. The minimum atomic E-state index is 0.289. The zero-order chi connectivity index (χ0) is 12.3. The van der Waals surface area contributed by atoms with E-state index in [9.17, 15) is 0 Å². The zero-order valence-corrected chi connectivity index (χ0v) is 11.6. The second-order valence-electron chi connectivity index (χ2n) is 5.09. The van der Waals surface area contributed by atoms with Crippen molar-refractivity contribution in [3.63, 3.8) is 0 Å². The van der Waals surface area contributed by atoms with Gasteiger partial charge in [0.1, 0.15) is 0 Å². The van der Waals surface area contributed by atoms with Gasteiger partial charge in [-0.15, -0.1) is 11.3 Å². The predicted octanol–water partition coefficient (Wildman–Crippen LogP) is 2.85. The van der Waals surface area contributed by atoms with E-state index in [1.165, 1.54) is 9.75 Å². The van der Waals surface area contributed by atoms with Gasteiger partial charge < -0.3 is 10.5 Å². The smallest absolute Gasteiger partial charge is 0.0494 e. The van der Waals surface area contributed by atoms with E-state index in [0.29, 0.717) is 11.8 Å². The van der Waals surface area contributed by atoms with Gasteiger partial charge in [-0.2, -0.15) is 0 Å². The lowest BCUT2D eigenvalue weighted by atomic mass is 9.82. The Bertz CT molecular complexity index is 350. The standard InChI is InChI=1S/C14H23NOS/c1-3-11-4-5-12(17-11)8-14(15)13-6-7-16-9-10(13)2/h4-5,10,13-14H,3,6-9,15H2,1-2H3. The summed E-state index contributed by atoms with van der Waals surface area (Å²) in [6, 6.07) is 4.77. The molecule has 2 rings (SSSR count). The number of ether oxygens (including phenoxy) is 1. The highest BCUT2D eigenvalue weighted by Gasteiger charge is 2.27. The van der Waals surface area contributed by atoms with Gasteiger partial charge in [0.05, 0.1) is 0 Å². The first-order valence-electron chi connectivity index (χ1n) is 6.61. The first-order chi connectivity index (χ1) is 8.20. The van der Waals surface area contributed by atoms with E-state index < -0.39 is 0 Å². The van der Waals surface area contributed by atoms with E-state index >= 15 is 0 Å². The molecule has 17 heavy (non-hydrogen) atoms. The van der Waals surface area contributed by atoms with Gasteiger partial charge in [0.15, 0.2) is 0 Å². The summed E-state index contributed by atoms with van der Waals surface area (Å²) in [7, 11) is 0. The van der Waals surface area contributed by atoms with Crippen molar-refractivity contribution in [1.82, 2.24) is 0 Å². The normalized spacial score (nSPS) is 27.0. The first kappa shape index (κ1) is 13.1. The van der Waals surface area contributed by atoms with E-state index in [0.717, 1.165) is 32.5 Å². The summed E-state index contributed by atoms with van der Waals surface area (Å²) < 4.78 is 5.48. The average molecular weight is 253 g/mol. The lowest BCUT2D eigenvalue weighted by molar-refractivity contribution is 0.0158. The van der Waals surface area contributed by atoms with Crippen LogP contribution in [-0.2, 0) is 17.6 Å². The Morgan fingerprint density at radius 1 is 1.47 bits per heavy atom. The molecule has 0 amide bonds. The maximum atomic E-state index is 6.37. The highest BCUT2D eigenvalue weighted by Crippen LogP contribution is 2.27. The Morgan fingerprint density at radius 2 is 2.24 bits per heavy atom. The Labute approximate surface area is 108 Å². The SMILES string of the molecule is CCc1ccc(CC(N)C2CCOCC2C)s1. The molecule has 3 atom stereocenters. The van der Waals surface area contributed by atoms with Crippen molar-refractivity contribution in [3.8, 4) is 0 Å². The van der Waals surface area contributed by atoms with Crippen molar-refractivity contribution < 1.29 is 4.74 Å². The molecule has 0 radical (unpaired) electrons. The fourth-order valence-electron chi connectivity index (χ4n) is 2.64. The van der Waals surface area contributed by atoms with Gasteiger partial charge in [-0.3, -0.25) is 0 Å². The van der Waals surface area contributed by atoms with Gasteiger partial charge in [-0.25, -0.2) is 0 Å². The van der Waals surface area contributed by atoms with Gasteiger partial charge in [0, 0.05) is 29.0 Å². The van der Waals surface area contributed by atoms with Gasteiger partial charge in [-0.05, 0) is 43.2 Å². The molecule has 1 aromatic rings. The second kappa shape index (κ2) is 5.98.